The highest BCUT2D eigenvalue weighted by molar-refractivity contribution is 7.09. The first-order chi connectivity index (χ1) is 11.1. The van der Waals surface area contributed by atoms with E-state index in [2.05, 4.69) is 6.07 Å². The van der Waals surface area contributed by atoms with Gasteiger partial charge in [-0.1, -0.05) is 6.07 Å². The van der Waals surface area contributed by atoms with E-state index in [0.717, 1.165) is 4.88 Å². The van der Waals surface area contributed by atoms with Crippen molar-refractivity contribution >= 4 is 17.2 Å². The van der Waals surface area contributed by atoms with Crippen molar-refractivity contribution in [2.75, 3.05) is 7.05 Å². The SMILES string of the molecule is Cc1oc(-n2cccc2)c(C#N)c1C(=O)N(C)Cc1cccs1. The molecule has 5 nitrogen and oxygen atoms in total. The third kappa shape index (κ3) is 2.79. The summed E-state index contributed by atoms with van der Waals surface area (Å²) in [6.07, 6.45) is 3.56. The Kier molecular flexibility index (Phi) is 4.04. The van der Waals surface area contributed by atoms with Crippen molar-refractivity contribution in [3.63, 3.8) is 0 Å². The lowest BCUT2D eigenvalue weighted by atomic mass is 10.1. The number of hydrogen-bond donors (Lipinski definition) is 0. The summed E-state index contributed by atoms with van der Waals surface area (Å²) in [6.45, 7) is 2.21. The third-order valence-electron chi connectivity index (χ3n) is 3.55. The Balaban J connectivity index is 1.96. The van der Waals surface area contributed by atoms with Crippen LogP contribution in [0.4, 0.5) is 0 Å². The molecular formula is C17H15N3O2S. The van der Waals surface area contributed by atoms with E-state index in [1.54, 1.807) is 47.2 Å². The van der Waals surface area contributed by atoms with E-state index in [9.17, 15) is 10.1 Å². The molecule has 0 aromatic carbocycles. The summed E-state index contributed by atoms with van der Waals surface area (Å²) in [5, 5.41) is 11.5. The zero-order chi connectivity index (χ0) is 16.4. The number of thiophene rings is 1. The minimum absolute atomic E-state index is 0.213. The molecular weight excluding hydrogens is 310 g/mol. The predicted molar refractivity (Wildman–Crippen MR) is 87.6 cm³/mol. The molecule has 0 unspecified atom stereocenters. The summed E-state index contributed by atoms with van der Waals surface area (Å²) in [5.41, 5.74) is 0.594. The average Bonchev–Trinajstić information content (AvgIpc) is 3.26. The summed E-state index contributed by atoms with van der Waals surface area (Å²) in [6, 6.07) is 9.71. The molecule has 0 radical (unpaired) electrons. The van der Waals surface area contributed by atoms with Gasteiger partial charge in [0.2, 0.25) is 5.88 Å². The molecule has 0 aliphatic carbocycles. The molecule has 0 fully saturated rings. The first-order valence-electron chi connectivity index (χ1n) is 7.06. The van der Waals surface area contributed by atoms with Crippen molar-refractivity contribution in [2.45, 2.75) is 13.5 Å². The quantitative estimate of drug-likeness (QED) is 0.736. The Labute approximate surface area is 138 Å². The number of aromatic nitrogens is 1. The van der Waals surface area contributed by atoms with Crippen LogP contribution >= 0.6 is 11.3 Å². The molecule has 0 saturated carbocycles. The van der Waals surface area contributed by atoms with Crippen LogP contribution in [-0.2, 0) is 6.54 Å². The molecule has 0 saturated heterocycles. The van der Waals surface area contributed by atoms with Crippen LogP contribution in [0.25, 0.3) is 5.88 Å². The van der Waals surface area contributed by atoms with E-state index >= 15 is 0 Å². The van der Waals surface area contributed by atoms with Gasteiger partial charge in [0, 0.05) is 24.3 Å². The van der Waals surface area contributed by atoms with Crippen LogP contribution in [0.2, 0.25) is 0 Å². The summed E-state index contributed by atoms with van der Waals surface area (Å²) in [5.74, 6) is 0.616. The van der Waals surface area contributed by atoms with Gasteiger partial charge >= 0.3 is 0 Å². The smallest absolute Gasteiger partial charge is 0.258 e. The largest absolute Gasteiger partial charge is 0.443 e. The van der Waals surface area contributed by atoms with Gasteiger partial charge in [0.05, 0.1) is 6.54 Å². The van der Waals surface area contributed by atoms with Crippen molar-refractivity contribution in [2.24, 2.45) is 0 Å². The first-order valence-corrected chi connectivity index (χ1v) is 7.94. The van der Waals surface area contributed by atoms with Gasteiger partial charge in [-0.25, -0.2) is 0 Å². The minimum atomic E-state index is -0.213. The Morgan fingerprint density at radius 1 is 1.39 bits per heavy atom. The predicted octanol–water partition coefficient (Wildman–Crippen LogP) is 3.58. The molecule has 0 bridgehead atoms. The van der Waals surface area contributed by atoms with Crippen molar-refractivity contribution in [3.05, 3.63) is 63.8 Å². The summed E-state index contributed by atoms with van der Waals surface area (Å²) < 4.78 is 7.38. The molecule has 3 aromatic rings. The second-order valence-corrected chi connectivity index (χ2v) is 6.19. The van der Waals surface area contributed by atoms with Gasteiger partial charge in [-0.3, -0.25) is 9.36 Å². The van der Waals surface area contributed by atoms with Gasteiger partial charge < -0.3 is 9.32 Å². The molecule has 0 spiro atoms. The number of amides is 1. The second-order valence-electron chi connectivity index (χ2n) is 5.16. The summed E-state index contributed by atoms with van der Waals surface area (Å²) in [4.78, 5) is 15.5. The fraction of sp³-hybridized carbons (Fsp3) is 0.176. The number of hydrogen-bond acceptors (Lipinski definition) is 4. The normalized spacial score (nSPS) is 10.5. The van der Waals surface area contributed by atoms with Crippen LogP contribution < -0.4 is 0 Å². The molecule has 116 valence electrons. The number of nitriles is 1. The highest BCUT2D eigenvalue weighted by atomic mass is 32.1. The third-order valence-corrected chi connectivity index (χ3v) is 4.41. The fourth-order valence-electron chi connectivity index (χ4n) is 2.44. The zero-order valence-corrected chi connectivity index (χ0v) is 13.6. The van der Waals surface area contributed by atoms with E-state index in [1.807, 2.05) is 29.6 Å². The molecule has 0 aliphatic heterocycles. The average molecular weight is 325 g/mol. The molecule has 0 atom stereocenters. The number of carbonyl (C=O) groups excluding carboxylic acids is 1. The maximum atomic E-state index is 12.8. The Morgan fingerprint density at radius 2 is 2.13 bits per heavy atom. The second kappa shape index (κ2) is 6.15. The molecule has 6 heteroatoms. The van der Waals surface area contributed by atoms with Crippen LogP contribution in [-0.4, -0.2) is 22.4 Å². The fourth-order valence-corrected chi connectivity index (χ4v) is 3.20. The summed E-state index contributed by atoms with van der Waals surface area (Å²) >= 11 is 1.59. The summed E-state index contributed by atoms with van der Waals surface area (Å²) in [7, 11) is 1.73. The van der Waals surface area contributed by atoms with Gasteiger partial charge in [-0.15, -0.1) is 11.3 Å². The van der Waals surface area contributed by atoms with E-state index in [-0.39, 0.29) is 11.5 Å². The lowest BCUT2D eigenvalue weighted by molar-refractivity contribution is 0.0784. The first kappa shape index (κ1) is 15.1. The van der Waals surface area contributed by atoms with Gasteiger partial charge in [0.15, 0.2) is 0 Å². The molecule has 3 rings (SSSR count). The monoisotopic (exact) mass is 325 g/mol. The van der Waals surface area contributed by atoms with Crippen LogP contribution in [0.1, 0.15) is 26.6 Å². The van der Waals surface area contributed by atoms with Crippen LogP contribution in [0.15, 0.2) is 46.5 Å². The van der Waals surface area contributed by atoms with Gasteiger partial charge in [-0.05, 0) is 30.5 Å². The maximum Gasteiger partial charge on any atom is 0.258 e. The van der Waals surface area contributed by atoms with Crippen molar-refractivity contribution in [1.29, 1.82) is 5.26 Å². The highest BCUT2D eigenvalue weighted by Gasteiger charge is 2.26. The Bertz CT molecular complexity index is 855. The molecule has 0 aliphatic rings. The van der Waals surface area contributed by atoms with Gasteiger partial charge in [-0.2, -0.15) is 5.26 Å². The van der Waals surface area contributed by atoms with Crippen molar-refractivity contribution < 1.29 is 9.21 Å². The van der Waals surface area contributed by atoms with E-state index < -0.39 is 0 Å². The Hall–Kier alpha value is -2.78. The highest BCUT2D eigenvalue weighted by Crippen LogP contribution is 2.27. The number of furan rings is 1. The molecule has 3 aromatic heterocycles. The van der Waals surface area contributed by atoms with Crippen molar-refractivity contribution in [3.8, 4) is 12.0 Å². The standard InChI is InChI=1S/C17H15N3O2S/c1-12-15(16(21)19(2)11-13-6-5-9-23-13)14(10-18)17(22-12)20-7-3-4-8-20/h3-9H,11H2,1-2H3. The molecule has 0 N–H and O–H groups in total. The van der Waals surface area contributed by atoms with Crippen molar-refractivity contribution in [1.82, 2.24) is 9.47 Å². The molecule has 23 heavy (non-hydrogen) atoms. The minimum Gasteiger partial charge on any atom is -0.443 e. The maximum absolute atomic E-state index is 12.8. The van der Waals surface area contributed by atoms with Gasteiger partial charge in [0.25, 0.3) is 5.91 Å². The lowest BCUT2D eigenvalue weighted by Crippen LogP contribution is -2.26. The Morgan fingerprint density at radius 3 is 2.74 bits per heavy atom. The number of rotatable bonds is 4. The number of nitrogens with zero attached hydrogens (tertiary/aromatic N) is 3. The van der Waals surface area contributed by atoms with Crippen LogP contribution in [0.5, 0.6) is 0 Å². The lowest BCUT2D eigenvalue weighted by Gasteiger charge is -2.15. The topological polar surface area (TPSA) is 62.2 Å². The number of aryl methyl sites for hydroxylation is 1. The van der Waals surface area contributed by atoms with E-state index in [0.29, 0.717) is 23.8 Å². The van der Waals surface area contributed by atoms with E-state index in [1.165, 1.54) is 0 Å². The molecule has 3 heterocycles. The zero-order valence-electron chi connectivity index (χ0n) is 12.8. The van der Waals surface area contributed by atoms with Crippen LogP contribution in [0, 0.1) is 18.3 Å². The van der Waals surface area contributed by atoms with Crippen LogP contribution in [0.3, 0.4) is 0 Å². The van der Waals surface area contributed by atoms with E-state index in [4.69, 9.17) is 4.42 Å². The molecule has 1 amide bonds. The number of carbonyl (C=O) groups is 1. The van der Waals surface area contributed by atoms with Gasteiger partial charge in [0.1, 0.15) is 23.0 Å².